The zero-order chi connectivity index (χ0) is 15.0. The van der Waals surface area contributed by atoms with Crippen molar-refractivity contribution >= 4 is 23.4 Å². The van der Waals surface area contributed by atoms with Gasteiger partial charge in [-0.1, -0.05) is 11.6 Å². The van der Waals surface area contributed by atoms with Gasteiger partial charge in [-0.25, -0.2) is 0 Å². The molecule has 2 fully saturated rings. The Morgan fingerprint density at radius 3 is 2.67 bits per heavy atom. The van der Waals surface area contributed by atoms with Crippen molar-refractivity contribution < 1.29 is 14.3 Å². The highest BCUT2D eigenvalue weighted by atomic mass is 35.5. The molecule has 1 aromatic rings. The lowest BCUT2D eigenvalue weighted by atomic mass is 9.86. The van der Waals surface area contributed by atoms with Gasteiger partial charge in [0.1, 0.15) is 5.75 Å². The minimum Gasteiger partial charge on any atom is -0.484 e. The number of carbonyl (C=O) groups excluding carboxylic acids is 2. The van der Waals surface area contributed by atoms with Crippen molar-refractivity contribution in [3.8, 4) is 5.75 Å². The average Bonchev–Trinajstić information content (AvgIpc) is 2.99. The minimum absolute atomic E-state index is 0.00616. The predicted molar refractivity (Wildman–Crippen MR) is 78.1 cm³/mol. The first-order valence-corrected chi connectivity index (χ1v) is 7.33. The van der Waals surface area contributed by atoms with Gasteiger partial charge in [-0.15, -0.1) is 0 Å². The molecule has 3 rings (SSSR count). The first-order valence-electron chi connectivity index (χ1n) is 6.95. The van der Waals surface area contributed by atoms with E-state index in [0.29, 0.717) is 16.7 Å². The first kappa shape index (κ1) is 14.2. The van der Waals surface area contributed by atoms with Gasteiger partial charge in [0.25, 0.3) is 5.91 Å². The number of halogens is 1. The number of benzene rings is 1. The summed E-state index contributed by atoms with van der Waals surface area (Å²) < 4.78 is 5.39. The van der Waals surface area contributed by atoms with E-state index in [1.165, 1.54) is 6.92 Å². The monoisotopic (exact) mass is 308 g/mol. The topological polar surface area (TPSA) is 67.4 Å². The Labute approximate surface area is 128 Å². The van der Waals surface area contributed by atoms with Crippen LogP contribution in [-0.2, 0) is 9.59 Å². The minimum atomic E-state index is -0.140. The quantitative estimate of drug-likeness (QED) is 0.866. The summed E-state index contributed by atoms with van der Waals surface area (Å²) in [6.07, 6.45) is 1.76. The molecule has 112 valence electrons. The van der Waals surface area contributed by atoms with Crippen LogP contribution in [0.3, 0.4) is 0 Å². The van der Waals surface area contributed by atoms with Gasteiger partial charge in [-0.3, -0.25) is 9.59 Å². The number of amides is 2. The van der Waals surface area contributed by atoms with E-state index >= 15 is 0 Å². The molecule has 5 nitrogen and oxygen atoms in total. The van der Waals surface area contributed by atoms with Gasteiger partial charge in [0.15, 0.2) is 6.61 Å². The van der Waals surface area contributed by atoms with Gasteiger partial charge in [-0.05, 0) is 37.1 Å². The molecular formula is C15H17ClN2O3. The Morgan fingerprint density at radius 1 is 1.33 bits per heavy atom. The summed E-state index contributed by atoms with van der Waals surface area (Å²) in [5.41, 5.74) is -0.0409. The summed E-state index contributed by atoms with van der Waals surface area (Å²) in [6.45, 7) is 1.51. The third-order valence-corrected chi connectivity index (χ3v) is 4.41. The zero-order valence-electron chi connectivity index (χ0n) is 11.7. The van der Waals surface area contributed by atoms with Crippen molar-refractivity contribution in [2.24, 2.45) is 5.92 Å². The molecule has 3 atom stereocenters. The van der Waals surface area contributed by atoms with E-state index in [2.05, 4.69) is 10.6 Å². The molecule has 6 heteroatoms. The van der Waals surface area contributed by atoms with E-state index in [9.17, 15) is 9.59 Å². The largest absolute Gasteiger partial charge is 0.484 e. The van der Waals surface area contributed by atoms with E-state index in [4.69, 9.17) is 16.3 Å². The van der Waals surface area contributed by atoms with E-state index in [1.54, 1.807) is 24.3 Å². The molecule has 0 spiro atoms. The Balaban J connectivity index is 1.40. The van der Waals surface area contributed by atoms with E-state index in [0.717, 1.165) is 12.8 Å². The lowest BCUT2D eigenvalue weighted by Crippen LogP contribution is -2.56. The fraction of sp³-hybridized carbons (Fsp3) is 0.467. The second-order valence-corrected chi connectivity index (χ2v) is 6.21. The second-order valence-electron chi connectivity index (χ2n) is 5.77. The number of hydrogen-bond donors (Lipinski definition) is 2. The maximum Gasteiger partial charge on any atom is 0.258 e. The molecule has 0 aromatic heterocycles. The lowest BCUT2D eigenvalue weighted by molar-refractivity contribution is -0.124. The van der Waals surface area contributed by atoms with Gasteiger partial charge < -0.3 is 15.4 Å². The van der Waals surface area contributed by atoms with Crippen molar-refractivity contribution in [2.75, 3.05) is 6.61 Å². The van der Waals surface area contributed by atoms with Crippen LogP contribution in [0.15, 0.2) is 24.3 Å². The molecule has 1 aromatic carbocycles. The number of hydrogen-bond acceptors (Lipinski definition) is 3. The van der Waals surface area contributed by atoms with Gasteiger partial charge in [-0.2, -0.15) is 0 Å². The smallest absolute Gasteiger partial charge is 0.258 e. The van der Waals surface area contributed by atoms with Gasteiger partial charge in [0, 0.05) is 29.4 Å². The highest BCUT2D eigenvalue weighted by Gasteiger charge is 2.68. The fourth-order valence-corrected chi connectivity index (χ4v) is 3.22. The van der Waals surface area contributed by atoms with E-state index in [1.807, 2.05) is 0 Å². The van der Waals surface area contributed by atoms with Gasteiger partial charge in [0.2, 0.25) is 5.91 Å². The van der Waals surface area contributed by atoms with Gasteiger partial charge in [0.05, 0.1) is 0 Å². The number of fused-ring (bicyclic) bond motifs is 1. The predicted octanol–water partition coefficient (Wildman–Crippen LogP) is 1.50. The van der Waals surface area contributed by atoms with Crippen molar-refractivity contribution in [1.29, 1.82) is 0 Å². The number of ether oxygens (including phenoxy) is 1. The Kier molecular flexibility index (Phi) is 3.53. The molecule has 0 saturated heterocycles. The normalized spacial score (nSPS) is 28.9. The van der Waals surface area contributed by atoms with E-state index < -0.39 is 0 Å². The van der Waals surface area contributed by atoms with Crippen LogP contribution in [-0.4, -0.2) is 30.0 Å². The molecule has 0 radical (unpaired) electrons. The zero-order valence-corrected chi connectivity index (χ0v) is 12.4. The highest BCUT2D eigenvalue weighted by Crippen LogP contribution is 2.59. The Bertz CT molecular complexity index is 575. The molecule has 2 N–H and O–H groups in total. The van der Waals surface area contributed by atoms with Crippen LogP contribution in [0.5, 0.6) is 5.75 Å². The first-order chi connectivity index (χ1) is 9.98. The van der Waals surface area contributed by atoms with Crippen LogP contribution >= 0.6 is 11.6 Å². The fourth-order valence-electron chi connectivity index (χ4n) is 3.09. The summed E-state index contributed by atoms with van der Waals surface area (Å²) >= 11 is 5.77. The Morgan fingerprint density at radius 2 is 2.05 bits per heavy atom. The van der Waals surface area contributed by atoms with Crippen molar-refractivity contribution in [3.05, 3.63) is 29.3 Å². The Hall–Kier alpha value is -1.75. The van der Waals surface area contributed by atoms with Crippen LogP contribution in [0.25, 0.3) is 0 Å². The van der Waals surface area contributed by atoms with Gasteiger partial charge >= 0.3 is 0 Å². The summed E-state index contributed by atoms with van der Waals surface area (Å²) in [4.78, 5) is 22.9. The van der Waals surface area contributed by atoms with Crippen molar-refractivity contribution in [3.63, 3.8) is 0 Å². The highest BCUT2D eigenvalue weighted by molar-refractivity contribution is 6.30. The average molecular weight is 309 g/mol. The van der Waals surface area contributed by atoms with Crippen LogP contribution in [0.2, 0.25) is 5.02 Å². The number of nitrogens with one attached hydrogen (secondary N) is 2. The van der Waals surface area contributed by atoms with E-state index in [-0.39, 0.29) is 30.0 Å². The molecule has 21 heavy (non-hydrogen) atoms. The second kappa shape index (κ2) is 5.22. The standard InChI is InChI=1S/C15H17ClN2O3/c1-9(19)18-15-6-12(15)13(7-15)17-14(20)8-21-11-4-2-10(16)3-5-11/h2-5,12-13H,6-8H2,1H3,(H,17,20)(H,18,19)/t12?,13-,15-/m0/s1. The van der Waals surface area contributed by atoms with Crippen LogP contribution < -0.4 is 15.4 Å². The lowest BCUT2D eigenvalue weighted by Gasteiger charge is -2.35. The third kappa shape index (κ3) is 2.97. The molecule has 1 unspecified atom stereocenters. The third-order valence-electron chi connectivity index (χ3n) is 4.16. The van der Waals surface area contributed by atoms with Crippen molar-refractivity contribution in [2.45, 2.75) is 31.3 Å². The molecule has 2 saturated carbocycles. The molecule has 2 aliphatic rings. The summed E-state index contributed by atoms with van der Waals surface area (Å²) in [5.74, 6) is 0.842. The van der Waals surface area contributed by atoms with Crippen LogP contribution in [0.1, 0.15) is 19.8 Å². The molecule has 0 aliphatic heterocycles. The molecular weight excluding hydrogens is 292 g/mol. The molecule has 2 aliphatic carbocycles. The number of carbonyl (C=O) groups is 2. The summed E-state index contributed by atoms with van der Waals surface area (Å²) in [6, 6.07) is 7.03. The summed E-state index contributed by atoms with van der Waals surface area (Å²) in [5, 5.41) is 6.54. The molecule has 0 bridgehead atoms. The maximum atomic E-state index is 11.8. The number of rotatable bonds is 5. The van der Waals surface area contributed by atoms with Crippen LogP contribution in [0, 0.1) is 5.92 Å². The van der Waals surface area contributed by atoms with Crippen molar-refractivity contribution in [1.82, 2.24) is 10.6 Å². The summed E-state index contributed by atoms with van der Waals surface area (Å²) in [7, 11) is 0. The maximum absolute atomic E-state index is 11.8. The molecule has 2 amide bonds. The SMILES string of the molecule is CC(=O)N[C@]12CC1[C@@H](NC(=O)COc1ccc(Cl)cc1)C2. The molecule has 0 heterocycles. The van der Waals surface area contributed by atoms with Crippen LogP contribution in [0.4, 0.5) is 0 Å².